The van der Waals surface area contributed by atoms with Crippen molar-refractivity contribution >= 4 is 18.3 Å². The van der Waals surface area contributed by atoms with Crippen molar-refractivity contribution in [3.63, 3.8) is 0 Å². The minimum Gasteiger partial charge on any atom is -0.497 e. The van der Waals surface area contributed by atoms with E-state index in [1.54, 1.807) is 14.2 Å². The summed E-state index contributed by atoms with van der Waals surface area (Å²) in [5.74, 6) is 1.54. The topological polar surface area (TPSA) is 59.6 Å². The second kappa shape index (κ2) is 8.10. The van der Waals surface area contributed by atoms with E-state index in [-0.39, 0.29) is 30.4 Å². The minimum atomic E-state index is -0.130. The van der Waals surface area contributed by atoms with Crippen LogP contribution in [0.3, 0.4) is 0 Å². The van der Waals surface area contributed by atoms with Crippen LogP contribution >= 0.6 is 12.4 Å². The predicted octanol–water partition coefficient (Wildman–Crippen LogP) is 2.05. The molecule has 5 nitrogen and oxygen atoms in total. The Hall–Kier alpha value is -1.46. The van der Waals surface area contributed by atoms with Crippen molar-refractivity contribution in [1.82, 2.24) is 10.6 Å². The Labute approximate surface area is 131 Å². The molecule has 2 N–H and O–H groups in total. The van der Waals surface area contributed by atoms with E-state index in [1.807, 2.05) is 25.1 Å². The van der Waals surface area contributed by atoms with Gasteiger partial charge in [-0.3, -0.25) is 4.79 Å². The zero-order chi connectivity index (χ0) is 14.5. The summed E-state index contributed by atoms with van der Waals surface area (Å²) in [5, 5.41) is 6.22. The molecule has 2 atom stereocenters. The number of methoxy groups -OCH3 is 2. The molecule has 118 valence electrons. The van der Waals surface area contributed by atoms with Crippen LogP contribution in [0.25, 0.3) is 0 Å². The number of carbonyl (C=O) groups is 1. The van der Waals surface area contributed by atoms with Crippen LogP contribution in [0.15, 0.2) is 18.2 Å². The third kappa shape index (κ3) is 4.25. The van der Waals surface area contributed by atoms with Crippen LogP contribution in [0.4, 0.5) is 0 Å². The lowest BCUT2D eigenvalue weighted by Gasteiger charge is -2.20. The average molecular weight is 315 g/mol. The van der Waals surface area contributed by atoms with Gasteiger partial charge in [0, 0.05) is 5.56 Å². The van der Waals surface area contributed by atoms with Gasteiger partial charge in [0.1, 0.15) is 11.5 Å². The number of halogens is 1. The number of ether oxygens (including phenoxy) is 2. The zero-order valence-electron chi connectivity index (χ0n) is 12.6. The monoisotopic (exact) mass is 314 g/mol. The fraction of sp³-hybridized carbons (Fsp3) is 0.533. The van der Waals surface area contributed by atoms with Crippen LogP contribution in [0.2, 0.25) is 0 Å². The number of benzene rings is 1. The highest BCUT2D eigenvalue weighted by Gasteiger charge is 2.24. The maximum Gasteiger partial charge on any atom is 0.237 e. The molecular weight excluding hydrogens is 292 g/mol. The number of amides is 1. The predicted molar refractivity (Wildman–Crippen MR) is 84.4 cm³/mol. The first-order chi connectivity index (χ1) is 9.65. The van der Waals surface area contributed by atoms with Gasteiger partial charge in [-0.25, -0.2) is 0 Å². The number of nitrogens with one attached hydrogen (secondary N) is 2. The summed E-state index contributed by atoms with van der Waals surface area (Å²) < 4.78 is 10.6. The van der Waals surface area contributed by atoms with Gasteiger partial charge in [-0.15, -0.1) is 12.4 Å². The van der Waals surface area contributed by atoms with Crippen LogP contribution in [0, 0.1) is 0 Å². The summed E-state index contributed by atoms with van der Waals surface area (Å²) in [4.78, 5) is 12.1. The van der Waals surface area contributed by atoms with Crippen molar-refractivity contribution in [2.24, 2.45) is 0 Å². The number of rotatable bonds is 5. The van der Waals surface area contributed by atoms with Crippen LogP contribution in [0.5, 0.6) is 11.5 Å². The molecule has 6 heteroatoms. The first-order valence-corrected chi connectivity index (χ1v) is 6.91. The molecule has 1 fully saturated rings. The zero-order valence-corrected chi connectivity index (χ0v) is 13.5. The molecule has 1 amide bonds. The fourth-order valence-electron chi connectivity index (χ4n) is 2.48. The Kier molecular flexibility index (Phi) is 6.78. The second-order valence-electron chi connectivity index (χ2n) is 4.99. The molecule has 21 heavy (non-hydrogen) atoms. The van der Waals surface area contributed by atoms with Crippen LogP contribution < -0.4 is 20.1 Å². The Balaban J connectivity index is 0.00000220. The lowest BCUT2D eigenvalue weighted by Crippen LogP contribution is -2.41. The van der Waals surface area contributed by atoms with Crippen molar-refractivity contribution < 1.29 is 14.3 Å². The number of hydrogen-bond donors (Lipinski definition) is 2. The quantitative estimate of drug-likeness (QED) is 0.873. The standard InChI is InChI=1S/C15H22N2O3.ClH/c1-10(17-15(18)13-5-4-8-16-13)12-9-11(19-2)6-7-14(12)20-3;/h6-7,9-10,13,16H,4-5,8H2,1-3H3,(H,17,18);1H. The molecule has 0 aromatic heterocycles. The van der Waals surface area contributed by atoms with Crippen molar-refractivity contribution in [2.75, 3.05) is 20.8 Å². The Morgan fingerprint density at radius 1 is 1.38 bits per heavy atom. The second-order valence-corrected chi connectivity index (χ2v) is 4.99. The Bertz CT molecular complexity index is 476. The lowest BCUT2D eigenvalue weighted by atomic mass is 10.1. The molecule has 1 aliphatic rings. The lowest BCUT2D eigenvalue weighted by molar-refractivity contribution is -0.123. The molecule has 0 spiro atoms. The van der Waals surface area contributed by atoms with Crippen molar-refractivity contribution in [3.8, 4) is 11.5 Å². The van der Waals surface area contributed by atoms with Gasteiger partial charge in [-0.2, -0.15) is 0 Å². The van der Waals surface area contributed by atoms with E-state index in [4.69, 9.17) is 9.47 Å². The first kappa shape index (κ1) is 17.6. The van der Waals surface area contributed by atoms with Gasteiger partial charge < -0.3 is 20.1 Å². The molecule has 2 rings (SSSR count). The van der Waals surface area contributed by atoms with Gasteiger partial charge in [0.25, 0.3) is 0 Å². The van der Waals surface area contributed by atoms with E-state index in [0.717, 1.165) is 36.4 Å². The van der Waals surface area contributed by atoms with Gasteiger partial charge in [0.15, 0.2) is 0 Å². The highest BCUT2D eigenvalue weighted by Crippen LogP contribution is 2.29. The summed E-state index contributed by atoms with van der Waals surface area (Å²) >= 11 is 0. The average Bonchev–Trinajstić information content (AvgIpc) is 3.00. The van der Waals surface area contributed by atoms with E-state index in [9.17, 15) is 4.79 Å². The van der Waals surface area contributed by atoms with E-state index in [0.29, 0.717) is 0 Å². The maximum absolute atomic E-state index is 12.1. The van der Waals surface area contributed by atoms with Crippen LogP contribution in [0.1, 0.15) is 31.4 Å². The third-order valence-electron chi connectivity index (χ3n) is 3.64. The molecule has 0 bridgehead atoms. The summed E-state index contributed by atoms with van der Waals surface area (Å²) in [6.07, 6.45) is 1.95. The van der Waals surface area contributed by atoms with E-state index >= 15 is 0 Å². The maximum atomic E-state index is 12.1. The highest BCUT2D eigenvalue weighted by molar-refractivity contribution is 5.85. The normalized spacial score (nSPS) is 18.5. The summed E-state index contributed by atoms with van der Waals surface area (Å²) in [7, 11) is 3.25. The van der Waals surface area contributed by atoms with Gasteiger partial charge in [-0.1, -0.05) is 0 Å². The molecule has 1 saturated heterocycles. The molecule has 1 heterocycles. The largest absolute Gasteiger partial charge is 0.497 e. The molecule has 1 aliphatic heterocycles. The SMILES string of the molecule is COc1ccc(OC)c(C(C)NC(=O)C2CCCN2)c1.Cl. The molecule has 1 aromatic rings. The van der Waals surface area contributed by atoms with E-state index in [1.165, 1.54) is 0 Å². The van der Waals surface area contributed by atoms with Crippen molar-refractivity contribution in [1.29, 1.82) is 0 Å². The van der Waals surface area contributed by atoms with E-state index in [2.05, 4.69) is 10.6 Å². The highest BCUT2D eigenvalue weighted by atomic mass is 35.5. The Morgan fingerprint density at radius 3 is 2.71 bits per heavy atom. The summed E-state index contributed by atoms with van der Waals surface area (Å²) in [5.41, 5.74) is 0.915. The van der Waals surface area contributed by atoms with Crippen molar-refractivity contribution in [3.05, 3.63) is 23.8 Å². The number of hydrogen-bond acceptors (Lipinski definition) is 4. The molecule has 0 aliphatic carbocycles. The first-order valence-electron chi connectivity index (χ1n) is 6.91. The molecule has 0 saturated carbocycles. The van der Waals surface area contributed by atoms with Gasteiger partial charge in [0.2, 0.25) is 5.91 Å². The van der Waals surface area contributed by atoms with Crippen LogP contribution in [-0.2, 0) is 4.79 Å². The molecular formula is C15H23ClN2O3. The van der Waals surface area contributed by atoms with E-state index < -0.39 is 0 Å². The minimum absolute atomic E-state index is 0. The summed E-state index contributed by atoms with van der Waals surface area (Å²) in [6.45, 7) is 2.86. The van der Waals surface area contributed by atoms with Crippen molar-refractivity contribution in [2.45, 2.75) is 31.8 Å². The summed E-state index contributed by atoms with van der Waals surface area (Å²) in [6, 6.07) is 5.38. The molecule has 1 aromatic carbocycles. The third-order valence-corrected chi connectivity index (χ3v) is 3.64. The molecule has 0 radical (unpaired) electrons. The fourth-order valence-corrected chi connectivity index (χ4v) is 2.48. The Morgan fingerprint density at radius 2 is 2.14 bits per heavy atom. The number of carbonyl (C=O) groups excluding carboxylic acids is 1. The van der Waals surface area contributed by atoms with Gasteiger partial charge >= 0.3 is 0 Å². The van der Waals surface area contributed by atoms with Gasteiger partial charge in [-0.05, 0) is 44.5 Å². The van der Waals surface area contributed by atoms with Crippen LogP contribution in [-0.4, -0.2) is 32.7 Å². The van der Waals surface area contributed by atoms with Gasteiger partial charge in [0.05, 0.1) is 26.3 Å². The molecule has 2 unspecified atom stereocenters. The smallest absolute Gasteiger partial charge is 0.237 e.